The molecule has 0 amide bonds. The molecule has 0 N–H and O–H groups in total. The van der Waals surface area contributed by atoms with Crippen molar-refractivity contribution >= 4 is 19.7 Å². The van der Waals surface area contributed by atoms with E-state index in [2.05, 4.69) is 47.2 Å². The van der Waals surface area contributed by atoms with Crippen LogP contribution in [0.5, 0.6) is 0 Å². The van der Waals surface area contributed by atoms with Gasteiger partial charge in [-0.2, -0.15) is 12.6 Å². The molecule has 1 saturated heterocycles. The van der Waals surface area contributed by atoms with Crippen LogP contribution in [0.15, 0.2) is 0 Å². The van der Waals surface area contributed by atoms with Crippen LogP contribution < -0.4 is 0 Å². The van der Waals surface area contributed by atoms with E-state index in [4.69, 9.17) is 9.31 Å². The molecular formula is C10H21BO2S. The molecule has 0 aliphatic carbocycles. The van der Waals surface area contributed by atoms with Crippen LogP contribution >= 0.6 is 12.6 Å². The molecular weight excluding hydrogens is 195 g/mol. The number of hydrogen-bond acceptors (Lipinski definition) is 3. The Bertz CT molecular complexity index is 186. The Balaban J connectivity index is 2.71. The van der Waals surface area contributed by atoms with Gasteiger partial charge in [0.05, 0.1) is 11.2 Å². The molecule has 0 saturated carbocycles. The first-order valence-corrected chi connectivity index (χ1v) is 5.94. The van der Waals surface area contributed by atoms with Gasteiger partial charge in [-0.25, -0.2) is 0 Å². The van der Waals surface area contributed by atoms with Gasteiger partial charge >= 0.3 is 7.12 Å². The van der Waals surface area contributed by atoms with Crippen molar-refractivity contribution in [3.05, 3.63) is 0 Å². The zero-order chi connectivity index (χ0) is 11.0. The van der Waals surface area contributed by atoms with Gasteiger partial charge in [-0.1, -0.05) is 13.3 Å². The van der Waals surface area contributed by atoms with Gasteiger partial charge < -0.3 is 9.31 Å². The maximum atomic E-state index is 5.94. The van der Waals surface area contributed by atoms with Crippen LogP contribution in [0.1, 0.15) is 41.0 Å². The van der Waals surface area contributed by atoms with E-state index in [-0.39, 0.29) is 18.3 Å². The van der Waals surface area contributed by atoms with Gasteiger partial charge in [-0.15, -0.1) is 0 Å². The maximum absolute atomic E-state index is 5.94. The van der Waals surface area contributed by atoms with Crippen molar-refractivity contribution in [2.45, 2.75) is 58.1 Å². The van der Waals surface area contributed by atoms with E-state index in [1.54, 1.807) is 0 Å². The topological polar surface area (TPSA) is 18.5 Å². The second-order valence-corrected chi connectivity index (χ2v) is 5.34. The third-order valence-electron chi connectivity index (χ3n) is 3.42. The van der Waals surface area contributed by atoms with E-state index in [0.717, 1.165) is 12.2 Å². The molecule has 0 aromatic heterocycles. The molecule has 0 bridgehead atoms. The quantitative estimate of drug-likeness (QED) is 0.577. The van der Waals surface area contributed by atoms with Crippen molar-refractivity contribution in [3.63, 3.8) is 0 Å². The van der Waals surface area contributed by atoms with Gasteiger partial charge in [0.2, 0.25) is 0 Å². The molecule has 0 aromatic rings. The number of thiol groups is 1. The molecule has 1 heterocycles. The van der Waals surface area contributed by atoms with Crippen molar-refractivity contribution in [2.75, 3.05) is 5.75 Å². The summed E-state index contributed by atoms with van der Waals surface area (Å²) in [4.78, 5) is 0. The van der Waals surface area contributed by atoms with Crippen molar-refractivity contribution in [3.8, 4) is 0 Å². The summed E-state index contributed by atoms with van der Waals surface area (Å²) in [7, 11) is -0.0949. The van der Waals surface area contributed by atoms with E-state index in [9.17, 15) is 0 Å². The first kappa shape index (κ1) is 12.4. The van der Waals surface area contributed by atoms with Crippen LogP contribution in [0.4, 0.5) is 0 Å². The van der Waals surface area contributed by atoms with Crippen LogP contribution in [0.2, 0.25) is 5.82 Å². The summed E-state index contributed by atoms with van der Waals surface area (Å²) in [6.07, 6.45) is 1.04. The molecule has 1 aliphatic rings. The molecule has 1 fully saturated rings. The van der Waals surface area contributed by atoms with Crippen LogP contribution in [0, 0.1) is 0 Å². The fraction of sp³-hybridized carbons (Fsp3) is 1.00. The Hall–Kier alpha value is 0.335. The van der Waals surface area contributed by atoms with E-state index >= 15 is 0 Å². The van der Waals surface area contributed by atoms with Gasteiger partial charge in [0.1, 0.15) is 0 Å². The lowest BCUT2D eigenvalue weighted by Crippen LogP contribution is -2.41. The Morgan fingerprint density at radius 2 is 1.57 bits per heavy atom. The smallest absolute Gasteiger partial charge is 0.403 e. The molecule has 0 spiro atoms. The fourth-order valence-corrected chi connectivity index (χ4v) is 1.92. The molecule has 0 radical (unpaired) electrons. The number of rotatable bonds is 3. The molecule has 14 heavy (non-hydrogen) atoms. The highest BCUT2D eigenvalue weighted by Gasteiger charge is 2.52. The second kappa shape index (κ2) is 4.07. The molecule has 2 nitrogen and oxygen atoms in total. The second-order valence-electron chi connectivity index (χ2n) is 4.98. The van der Waals surface area contributed by atoms with Gasteiger partial charge in [-0.05, 0) is 33.4 Å². The van der Waals surface area contributed by atoms with Crippen LogP contribution in [-0.2, 0) is 9.31 Å². The Labute approximate surface area is 93.3 Å². The Morgan fingerprint density at radius 1 is 1.14 bits per heavy atom. The van der Waals surface area contributed by atoms with E-state index in [0.29, 0.717) is 5.82 Å². The first-order chi connectivity index (χ1) is 6.34. The molecule has 4 heteroatoms. The molecule has 0 unspecified atom stereocenters. The highest BCUT2D eigenvalue weighted by atomic mass is 32.1. The highest BCUT2D eigenvalue weighted by Crippen LogP contribution is 2.40. The monoisotopic (exact) mass is 216 g/mol. The van der Waals surface area contributed by atoms with Crippen molar-refractivity contribution in [1.82, 2.24) is 0 Å². The third-order valence-corrected chi connectivity index (χ3v) is 3.88. The van der Waals surface area contributed by atoms with Gasteiger partial charge in [0.25, 0.3) is 0 Å². The van der Waals surface area contributed by atoms with Crippen LogP contribution in [-0.4, -0.2) is 24.1 Å². The minimum atomic E-state index is -0.214. The summed E-state index contributed by atoms with van der Waals surface area (Å²) in [5.74, 6) is 1.20. The molecule has 1 atom stereocenters. The first-order valence-electron chi connectivity index (χ1n) is 5.30. The van der Waals surface area contributed by atoms with Gasteiger partial charge in [-0.3, -0.25) is 0 Å². The van der Waals surface area contributed by atoms with E-state index < -0.39 is 0 Å². The number of hydrogen-bond donors (Lipinski definition) is 1. The Morgan fingerprint density at radius 3 is 1.86 bits per heavy atom. The zero-order valence-electron chi connectivity index (χ0n) is 9.83. The van der Waals surface area contributed by atoms with E-state index in [1.807, 2.05) is 0 Å². The predicted molar refractivity (Wildman–Crippen MR) is 64.0 cm³/mol. The summed E-state index contributed by atoms with van der Waals surface area (Å²) >= 11 is 4.32. The fourth-order valence-electron chi connectivity index (χ4n) is 1.49. The average Bonchev–Trinajstić information content (AvgIpc) is 2.23. The minimum absolute atomic E-state index is 0.0949. The maximum Gasteiger partial charge on any atom is 0.461 e. The molecule has 1 rings (SSSR count). The summed E-state index contributed by atoms with van der Waals surface area (Å²) in [5, 5.41) is 0. The lowest BCUT2D eigenvalue weighted by Gasteiger charge is -2.32. The largest absolute Gasteiger partial charge is 0.461 e. The molecule has 82 valence electrons. The van der Waals surface area contributed by atoms with Crippen LogP contribution in [0.3, 0.4) is 0 Å². The van der Waals surface area contributed by atoms with E-state index in [1.165, 1.54) is 0 Å². The van der Waals surface area contributed by atoms with Gasteiger partial charge in [0.15, 0.2) is 0 Å². The summed E-state index contributed by atoms with van der Waals surface area (Å²) in [6, 6.07) is 0. The minimum Gasteiger partial charge on any atom is -0.403 e. The molecule has 0 aromatic carbocycles. The normalized spacial score (nSPS) is 26.6. The summed E-state index contributed by atoms with van der Waals surface area (Å²) < 4.78 is 11.9. The predicted octanol–water partition coefficient (Wildman–Crippen LogP) is 2.79. The van der Waals surface area contributed by atoms with Crippen LogP contribution in [0.25, 0.3) is 0 Å². The zero-order valence-corrected chi connectivity index (χ0v) is 10.7. The lowest BCUT2D eigenvalue weighted by atomic mass is 9.71. The Kier molecular flexibility index (Phi) is 3.60. The SMILES string of the molecule is CC[C@H](CS)B1OC(C)(C)C(C)(C)O1. The van der Waals surface area contributed by atoms with Crippen molar-refractivity contribution in [2.24, 2.45) is 0 Å². The summed E-state index contributed by atoms with van der Waals surface area (Å²) in [5.41, 5.74) is -0.429. The standard InChI is InChI=1S/C10H21BO2S/c1-6-8(7-14)11-12-9(2,3)10(4,5)13-11/h8,14H,6-7H2,1-5H3/t8-/m1/s1. The molecule has 1 aliphatic heterocycles. The average molecular weight is 216 g/mol. The third kappa shape index (κ3) is 2.12. The van der Waals surface area contributed by atoms with Crippen molar-refractivity contribution < 1.29 is 9.31 Å². The lowest BCUT2D eigenvalue weighted by molar-refractivity contribution is 0.00578. The highest BCUT2D eigenvalue weighted by molar-refractivity contribution is 7.80. The van der Waals surface area contributed by atoms with Gasteiger partial charge in [0, 0.05) is 5.82 Å². The van der Waals surface area contributed by atoms with Crippen molar-refractivity contribution in [1.29, 1.82) is 0 Å². The summed E-state index contributed by atoms with van der Waals surface area (Å²) in [6.45, 7) is 10.5.